The number of aldehydes is 1. The standard InChI is InChI=1S/C27H27ClN2O6/c1-27(2,3)36-26(34)16-7-6-12-30(14-16)25(33)20(15-31)22-11-10-18-19(13-23(32)35-24(18)29-22)17-8-4-5-9-21(17)28/h4-5,8-11,13,15-16,20H,6-7,12,14H2,1-3H3/t16-,20?/m0/s1. The van der Waals surface area contributed by atoms with Crippen molar-refractivity contribution in [2.75, 3.05) is 13.1 Å². The first-order valence-corrected chi connectivity index (χ1v) is 12.1. The van der Waals surface area contributed by atoms with Crippen molar-refractivity contribution in [3.05, 3.63) is 63.6 Å². The number of hydrogen-bond donors (Lipinski definition) is 0. The Morgan fingerprint density at radius 2 is 1.94 bits per heavy atom. The number of halogens is 1. The van der Waals surface area contributed by atoms with Crippen LogP contribution in [-0.2, 0) is 19.1 Å². The third-order valence-electron chi connectivity index (χ3n) is 5.99. The fourth-order valence-electron chi connectivity index (χ4n) is 4.34. The van der Waals surface area contributed by atoms with E-state index in [0.717, 1.165) is 0 Å². The highest BCUT2D eigenvalue weighted by atomic mass is 35.5. The van der Waals surface area contributed by atoms with Gasteiger partial charge in [-0.05, 0) is 51.8 Å². The van der Waals surface area contributed by atoms with Gasteiger partial charge in [0.15, 0.2) is 0 Å². The number of fused-ring (bicyclic) bond motifs is 1. The number of hydrogen-bond acceptors (Lipinski definition) is 7. The molecule has 9 heteroatoms. The van der Waals surface area contributed by atoms with Crippen molar-refractivity contribution in [1.82, 2.24) is 9.88 Å². The summed E-state index contributed by atoms with van der Waals surface area (Å²) in [5, 5.41) is 0.977. The van der Waals surface area contributed by atoms with Crippen LogP contribution < -0.4 is 5.63 Å². The Morgan fingerprint density at radius 1 is 1.19 bits per heavy atom. The largest absolute Gasteiger partial charge is 0.460 e. The molecule has 1 unspecified atom stereocenters. The number of ether oxygens (including phenoxy) is 1. The molecule has 3 aromatic rings. The molecule has 0 radical (unpaired) electrons. The van der Waals surface area contributed by atoms with Gasteiger partial charge < -0.3 is 18.8 Å². The summed E-state index contributed by atoms with van der Waals surface area (Å²) in [6, 6.07) is 11.6. The van der Waals surface area contributed by atoms with E-state index in [0.29, 0.717) is 47.2 Å². The third-order valence-corrected chi connectivity index (χ3v) is 6.32. The SMILES string of the molecule is CC(C)(C)OC(=O)[C@H]1CCCN(C(=O)C(C=O)c2ccc3c(-c4ccccc4Cl)cc(=O)oc3n2)C1. The average Bonchev–Trinajstić information content (AvgIpc) is 2.83. The van der Waals surface area contributed by atoms with Gasteiger partial charge >= 0.3 is 11.6 Å². The number of benzene rings is 1. The van der Waals surface area contributed by atoms with Gasteiger partial charge in [-0.1, -0.05) is 29.8 Å². The van der Waals surface area contributed by atoms with E-state index in [1.165, 1.54) is 11.0 Å². The smallest absolute Gasteiger partial charge is 0.338 e. The molecule has 0 N–H and O–H groups in total. The van der Waals surface area contributed by atoms with E-state index in [2.05, 4.69) is 4.98 Å². The zero-order chi connectivity index (χ0) is 26.0. The maximum Gasteiger partial charge on any atom is 0.338 e. The van der Waals surface area contributed by atoms with Crippen LogP contribution in [0.1, 0.15) is 45.2 Å². The van der Waals surface area contributed by atoms with Crippen molar-refractivity contribution in [3.8, 4) is 11.1 Å². The molecule has 0 saturated carbocycles. The predicted octanol–water partition coefficient (Wildman–Crippen LogP) is 4.37. The quantitative estimate of drug-likeness (QED) is 0.285. The van der Waals surface area contributed by atoms with Crippen LogP contribution in [0.4, 0.5) is 0 Å². The van der Waals surface area contributed by atoms with Crippen molar-refractivity contribution >= 4 is 40.9 Å². The number of pyridine rings is 1. The number of carbonyl (C=O) groups is 3. The van der Waals surface area contributed by atoms with E-state index >= 15 is 0 Å². The number of carbonyl (C=O) groups excluding carboxylic acids is 3. The van der Waals surface area contributed by atoms with Crippen molar-refractivity contribution in [3.63, 3.8) is 0 Å². The lowest BCUT2D eigenvalue weighted by Crippen LogP contribution is -2.46. The second-order valence-corrected chi connectivity index (χ2v) is 10.2. The Morgan fingerprint density at radius 3 is 2.64 bits per heavy atom. The highest BCUT2D eigenvalue weighted by molar-refractivity contribution is 6.33. The Kier molecular flexibility index (Phi) is 7.26. The second-order valence-electron chi connectivity index (χ2n) is 9.82. The van der Waals surface area contributed by atoms with E-state index < -0.39 is 29.0 Å². The summed E-state index contributed by atoms with van der Waals surface area (Å²) in [6.07, 6.45) is 1.74. The minimum Gasteiger partial charge on any atom is -0.460 e. The number of aromatic nitrogens is 1. The lowest BCUT2D eigenvalue weighted by Gasteiger charge is -2.34. The van der Waals surface area contributed by atoms with Gasteiger partial charge in [-0.15, -0.1) is 0 Å². The molecule has 2 atom stereocenters. The minimum absolute atomic E-state index is 0.000143. The predicted molar refractivity (Wildman–Crippen MR) is 135 cm³/mol. The van der Waals surface area contributed by atoms with Gasteiger partial charge in [0.1, 0.15) is 17.8 Å². The van der Waals surface area contributed by atoms with Gasteiger partial charge in [-0.3, -0.25) is 9.59 Å². The first-order valence-electron chi connectivity index (χ1n) is 11.7. The van der Waals surface area contributed by atoms with Crippen LogP contribution in [0.5, 0.6) is 0 Å². The monoisotopic (exact) mass is 510 g/mol. The van der Waals surface area contributed by atoms with Gasteiger partial charge in [0.2, 0.25) is 11.6 Å². The lowest BCUT2D eigenvalue weighted by atomic mass is 9.95. The molecule has 1 fully saturated rings. The van der Waals surface area contributed by atoms with E-state index in [1.54, 1.807) is 57.2 Å². The molecule has 3 heterocycles. The maximum atomic E-state index is 13.3. The van der Waals surface area contributed by atoms with E-state index in [-0.39, 0.29) is 23.9 Å². The third kappa shape index (κ3) is 5.49. The minimum atomic E-state index is -1.21. The highest BCUT2D eigenvalue weighted by Crippen LogP contribution is 2.33. The summed E-state index contributed by atoms with van der Waals surface area (Å²) < 4.78 is 10.8. The van der Waals surface area contributed by atoms with Gasteiger partial charge in [0.05, 0.1) is 11.6 Å². The van der Waals surface area contributed by atoms with Crippen LogP contribution >= 0.6 is 11.6 Å². The number of amides is 1. The molecular formula is C27H27ClN2O6. The van der Waals surface area contributed by atoms with Gasteiger partial charge in [0.25, 0.3) is 0 Å². The summed E-state index contributed by atoms with van der Waals surface area (Å²) in [7, 11) is 0. The molecule has 4 rings (SSSR count). The summed E-state index contributed by atoms with van der Waals surface area (Å²) in [5.41, 5.74) is 0.0666. The fourth-order valence-corrected chi connectivity index (χ4v) is 4.58. The van der Waals surface area contributed by atoms with Crippen molar-refractivity contribution in [1.29, 1.82) is 0 Å². The first-order chi connectivity index (χ1) is 17.1. The fraction of sp³-hybridized carbons (Fsp3) is 0.370. The van der Waals surface area contributed by atoms with Crippen LogP contribution in [0.15, 0.2) is 51.7 Å². The summed E-state index contributed by atoms with van der Waals surface area (Å²) >= 11 is 6.33. The van der Waals surface area contributed by atoms with Crippen LogP contribution in [0.2, 0.25) is 5.02 Å². The van der Waals surface area contributed by atoms with E-state index in [9.17, 15) is 19.2 Å². The number of esters is 1. The molecule has 0 spiro atoms. The van der Waals surface area contributed by atoms with Crippen molar-refractivity contribution in [2.24, 2.45) is 5.92 Å². The molecule has 8 nitrogen and oxygen atoms in total. The average molecular weight is 511 g/mol. The number of likely N-dealkylation sites (tertiary alicyclic amines) is 1. The van der Waals surface area contributed by atoms with Crippen LogP contribution in [0.25, 0.3) is 22.2 Å². The van der Waals surface area contributed by atoms with Crippen LogP contribution in [0, 0.1) is 5.92 Å². The molecule has 1 aromatic carbocycles. The van der Waals surface area contributed by atoms with E-state index in [4.69, 9.17) is 20.8 Å². The normalized spacial score (nSPS) is 17.0. The number of piperidine rings is 1. The Hall–Kier alpha value is -3.52. The first kappa shape index (κ1) is 25.6. The Bertz CT molecular complexity index is 1380. The van der Waals surface area contributed by atoms with Crippen molar-refractivity contribution < 1.29 is 23.5 Å². The number of rotatable bonds is 5. The molecular weight excluding hydrogens is 484 g/mol. The second kappa shape index (κ2) is 10.2. The highest BCUT2D eigenvalue weighted by Gasteiger charge is 2.35. The molecule has 36 heavy (non-hydrogen) atoms. The summed E-state index contributed by atoms with van der Waals surface area (Å²) in [6.45, 7) is 5.96. The van der Waals surface area contributed by atoms with Crippen molar-refractivity contribution in [2.45, 2.75) is 45.1 Å². The zero-order valence-electron chi connectivity index (χ0n) is 20.3. The number of nitrogens with zero attached hydrogens (tertiary/aromatic N) is 2. The molecule has 1 aliphatic heterocycles. The maximum absolute atomic E-state index is 13.3. The molecule has 2 aromatic heterocycles. The van der Waals surface area contributed by atoms with Crippen LogP contribution in [0.3, 0.4) is 0 Å². The topological polar surface area (TPSA) is 107 Å². The molecule has 1 aliphatic rings. The Labute approximate surface area is 213 Å². The van der Waals surface area contributed by atoms with Gasteiger partial charge in [-0.2, -0.15) is 0 Å². The molecule has 1 amide bonds. The van der Waals surface area contributed by atoms with Gasteiger partial charge in [0, 0.05) is 40.7 Å². The zero-order valence-corrected chi connectivity index (χ0v) is 21.1. The summed E-state index contributed by atoms with van der Waals surface area (Å²) in [5.74, 6) is -2.49. The van der Waals surface area contributed by atoms with Gasteiger partial charge in [-0.25, -0.2) is 9.78 Å². The van der Waals surface area contributed by atoms with Crippen LogP contribution in [-0.4, -0.2) is 46.7 Å². The molecule has 1 saturated heterocycles. The summed E-state index contributed by atoms with van der Waals surface area (Å²) in [4.78, 5) is 56.0. The lowest BCUT2D eigenvalue weighted by molar-refractivity contribution is -0.162. The molecule has 0 bridgehead atoms. The van der Waals surface area contributed by atoms with E-state index in [1.807, 2.05) is 0 Å². The Balaban J connectivity index is 1.63. The molecule has 188 valence electrons. The molecule has 0 aliphatic carbocycles.